The van der Waals surface area contributed by atoms with Gasteiger partial charge in [-0.15, -0.1) is 11.3 Å². The Bertz CT molecular complexity index is 614. The molecule has 1 aromatic heterocycles. The lowest BCUT2D eigenvalue weighted by atomic mass is 10.2. The van der Waals surface area contributed by atoms with Crippen LogP contribution in [0.3, 0.4) is 0 Å². The molecule has 8 nitrogen and oxygen atoms in total. The lowest BCUT2D eigenvalue weighted by Crippen LogP contribution is -2.36. The molecule has 0 bridgehead atoms. The number of carbonyl (C=O) groups excluding carboxylic acids is 2. The van der Waals surface area contributed by atoms with Crippen molar-refractivity contribution in [3.05, 3.63) is 16.1 Å². The number of nitrogens with one attached hydrogen (secondary N) is 3. The summed E-state index contributed by atoms with van der Waals surface area (Å²) in [6.07, 6.45) is -1.25. The quantitative estimate of drug-likeness (QED) is 0.569. The molecule has 0 aliphatic heterocycles. The Kier molecular flexibility index (Phi) is 6.30. The average molecular weight is 356 g/mol. The van der Waals surface area contributed by atoms with Crippen molar-refractivity contribution < 1.29 is 19.1 Å². The van der Waals surface area contributed by atoms with Crippen molar-refractivity contribution in [3.63, 3.8) is 0 Å². The fourth-order valence-corrected chi connectivity index (χ4v) is 2.16. The van der Waals surface area contributed by atoms with Crippen LogP contribution in [0.1, 0.15) is 52.2 Å². The van der Waals surface area contributed by atoms with Crippen molar-refractivity contribution >= 4 is 29.4 Å². The number of hydrogen-bond acceptors (Lipinski definition) is 7. The van der Waals surface area contributed by atoms with Crippen LogP contribution in [0, 0.1) is 5.41 Å². The zero-order valence-electron chi connectivity index (χ0n) is 14.8. The molecule has 2 amide bonds. The van der Waals surface area contributed by atoms with Gasteiger partial charge in [0, 0.05) is 5.38 Å². The molecule has 1 heterocycles. The van der Waals surface area contributed by atoms with Crippen LogP contribution < -0.4 is 10.6 Å². The number of hydrogen-bond donors (Lipinski definition) is 3. The van der Waals surface area contributed by atoms with E-state index in [4.69, 9.17) is 14.9 Å². The van der Waals surface area contributed by atoms with Gasteiger partial charge in [-0.05, 0) is 41.5 Å². The third-order valence-electron chi connectivity index (χ3n) is 2.22. The summed E-state index contributed by atoms with van der Waals surface area (Å²) in [5.74, 6) is -0.163. The summed E-state index contributed by atoms with van der Waals surface area (Å²) in [4.78, 5) is 27.4. The highest BCUT2D eigenvalue weighted by molar-refractivity contribution is 7.09. The summed E-state index contributed by atoms with van der Waals surface area (Å²) in [7, 11) is 0. The predicted octanol–water partition coefficient (Wildman–Crippen LogP) is 3.02. The molecule has 0 fully saturated rings. The lowest BCUT2D eigenvalue weighted by molar-refractivity contribution is 0.0520. The summed E-state index contributed by atoms with van der Waals surface area (Å²) in [5.41, 5.74) is -0.918. The SMILES string of the molecule is CC(C)(C)OC(=O)NCc1nc(C(=N)NC(=O)OC(C)(C)C)cs1. The van der Waals surface area contributed by atoms with Crippen molar-refractivity contribution in [2.45, 2.75) is 59.3 Å². The topological polar surface area (TPSA) is 113 Å². The number of carbonyl (C=O) groups is 2. The van der Waals surface area contributed by atoms with Crippen LogP contribution in [0.15, 0.2) is 5.38 Å². The van der Waals surface area contributed by atoms with Crippen molar-refractivity contribution in [1.29, 1.82) is 5.41 Å². The maximum absolute atomic E-state index is 11.6. The molecule has 0 atom stereocenters. The molecule has 134 valence electrons. The third kappa shape index (κ3) is 7.91. The van der Waals surface area contributed by atoms with Crippen molar-refractivity contribution in [2.75, 3.05) is 0 Å². The lowest BCUT2D eigenvalue weighted by Gasteiger charge is -2.19. The largest absolute Gasteiger partial charge is 0.444 e. The van der Waals surface area contributed by atoms with Gasteiger partial charge in [-0.25, -0.2) is 14.6 Å². The van der Waals surface area contributed by atoms with Gasteiger partial charge in [0.25, 0.3) is 0 Å². The molecular weight excluding hydrogens is 332 g/mol. The molecule has 0 saturated heterocycles. The number of alkyl carbamates (subject to hydrolysis) is 2. The minimum Gasteiger partial charge on any atom is -0.444 e. The molecular formula is C15H24N4O4S. The van der Waals surface area contributed by atoms with Gasteiger partial charge in [-0.2, -0.15) is 0 Å². The number of rotatable bonds is 3. The molecule has 1 aromatic rings. The Morgan fingerprint density at radius 2 is 1.67 bits per heavy atom. The highest BCUT2D eigenvalue weighted by Crippen LogP contribution is 2.12. The Hall–Kier alpha value is -2.16. The number of nitrogens with zero attached hydrogens (tertiary/aromatic N) is 1. The smallest absolute Gasteiger partial charge is 0.413 e. The second-order valence-corrected chi connectivity index (χ2v) is 7.93. The van der Waals surface area contributed by atoms with Gasteiger partial charge in [-0.1, -0.05) is 0 Å². The Labute approximate surface area is 145 Å². The molecule has 0 saturated carbocycles. The first kappa shape index (κ1) is 19.9. The molecule has 0 aromatic carbocycles. The second kappa shape index (κ2) is 7.61. The van der Waals surface area contributed by atoms with Crippen LogP contribution in [-0.4, -0.2) is 34.2 Å². The zero-order valence-corrected chi connectivity index (χ0v) is 15.6. The Balaban J connectivity index is 2.52. The normalized spacial score (nSPS) is 11.6. The van der Waals surface area contributed by atoms with E-state index < -0.39 is 23.4 Å². The van der Waals surface area contributed by atoms with E-state index >= 15 is 0 Å². The van der Waals surface area contributed by atoms with E-state index in [1.165, 1.54) is 11.3 Å². The van der Waals surface area contributed by atoms with E-state index in [2.05, 4.69) is 15.6 Å². The number of thiazole rings is 1. The molecule has 1 rings (SSSR count). The highest BCUT2D eigenvalue weighted by atomic mass is 32.1. The molecule has 0 spiro atoms. The summed E-state index contributed by atoms with van der Waals surface area (Å²) >= 11 is 1.26. The van der Waals surface area contributed by atoms with Gasteiger partial charge in [0.1, 0.15) is 21.9 Å². The summed E-state index contributed by atoms with van der Waals surface area (Å²) in [6.45, 7) is 10.7. The van der Waals surface area contributed by atoms with Crippen molar-refractivity contribution in [2.24, 2.45) is 0 Å². The zero-order chi connectivity index (χ0) is 18.5. The molecule has 0 unspecified atom stereocenters. The van der Waals surface area contributed by atoms with Crippen LogP contribution in [0.4, 0.5) is 9.59 Å². The fourth-order valence-electron chi connectivity index (χ4n) is 1.44. The first-order valence-electron chi connectivity index (χ1n) is 7.36. The number of aromatic nitrogens is 1. The highest BCUT2D eigenvalue weighted by Gasteiger charge is 2.19. The molecule has 0 aliphatic carbocycles. The molecule has 3 N–H and O–H groups in total. The minimum atomic E-state index is -0.714. The van der Waals surface area contributed by atoms with Crippen LogP contribution >= 0.6 is 11.3 Å². The van der Waals surface area contributed by atoms with Crippen LogP contribution in [0.5, 0.6) is 0 Å². The van der Waals surface area contributed by atoms with E-state index in [9.17, 15) is 9.59 Å². The molecule has 0 aliphatic rings. The van der Waals surface area contributed by atoms with Gasteiger partial charge < -0.3 is 14.8 Å². The first-order chi connectivity index (χ1) is 10.9. The monoisotopic (exact) mass is 356 g/mol. The maximum Gasteiger partial charge on any atom is 0.413 e. The third-order valence-corrected chi connectivity index (χ3v) is 3.07. The van der Waals surface area contributed by atoms with Crippen molar-refractivity contribution in [1.82, 2.24) is 15.6 Å². The molecule has 0 radical (unpaired) electrons. The summed E-state index contributed by atoms with van der Waals surface area (Å²) < 4.78 is 10.2. The summed E-state index contributed by atoms with van der Waals surface area (Å²) in [6, 6.07) is 0. The maximum atomic E-state index is 11.6. The van der Waals surface area contributed by atoms with Crippen LogP contribution in [-0.2, 0) is 16.0 Å². The second-order valence-electron chi connectivity index (χ2n) is 6.98. The van der Waals surface area contributed by atoms with Crippen molar-refractivity contribution in [3.8, 4) is 0 Å². The van der Waals surface area contributed by atoms with Gasteiger partial charge in [0.15, 0.2) is 5.84 Å². The standard InChI is InChI=1S/C15H24N4O4S/c1-14(2,3)22-12(20)17-7-10-18-9(8-24-10)11(16)19-13(21)23-15(4,5)6/h8H,7H2,1-6H3,(H,17,20)(H2,16,19,21). The predicted molar refractivity (Wildman–Crippen MR) is 91.4 cm³/mol. The number of amides is 2. The molecule has 24 heavy (non-hydrogen) atoms. The van der Waals surface area contributed by atoms with E-state index in [1.807, 2.05) is 0 Å². The molecule has 9 heteroatoms. The van der Waals surface area contributed by atoms with Gasteiger partial charge in [0.2, 0.25) is 0 Å². The number of ether oxygens (including phenoxy) is 2. The minimum absolute atomic E-state index is 0.163. The van der Waals surface area contributed by atoms with E-state index in [0.29, 0.717) is 10.7 Å². The Morgan fingerprint density at radius 3 is 2.21 bits per heavy atom. The van der Waals surface area contributed by atoms with E-state index in [0.717, 1.165) is 0 Å². The van der Waals surface area contributed by atoms with E-state index in [-0.39, 0.29) is 12.4 Å². The number of amidine groups is 1. The first-order valence-corrected chi connectivity index (χ1v) is 8.24. The summed E-state index contributed by atoms with van der Waals surface area (Å²) in [5, 5.41) is 14.9. The van der Waals surface area contributed by atoms with Gasteiger partial charge >= 0.3 is 12.2 Å². The van der Waals surface area contributed by atoms with Crippen LogP contribution in [0.2, 0.25) is 0 Å². The Morgan fingerprint density at radius 1 is 1.12 bits per heavy atom. The van der Waals surface area contributed by atoms with Gasteiger partial charge in [0.05, 0.1) is 6.54 Å². The van der Waals surface area contributed by atoms with Gasteiger partial charge in [-0.3, -0.25) is 10.7 Å². The van der Waals surface area contributed by atoms with E-state index in [1.54, 1.807) is 46.9 Å². The fraction of sp³-hybridized carbons (Fsp3) is 0.600. The average Bonchev–Trinajstić information content (AvgIpc) is 2.80. The van der Waals surface area contributed by atoms with Crippen LogP contribution in [0.25, 0.3) is 0 Å².